The van der Waals surface area contributed by atoms with Crippen molar-refractivity contribution in [2.24, 2.45) is 0 Å². The number of thiophene rings is 1. The van der Waals surface area contributed by atoms with Crippen molar-refractivity contribution in [3.63, 3.8) is 0 Å². The van der Waals surface area contributed by atoms with Gasteiger partial charge in [-0.25, -0.2) is 4.79 Å². The number of anilines is 1. The summed E-state index contributed by atoms with van der Waals surface area (Å²) in [4.78, 5) is 40.2. The first-order valence-electron chi connectivity index (χ1n) is 10.5. The van der Waals surface area contributed by atoms with Gasteiger partial charge in [-0.2, -0.15) is 0 Å². The number of nitrogens with one attached hydrogen (secondary N) is 2. The predicted octanol–water partition coefficient (Wildman–Crippen LogP) is 4.14. The molecule has 0 saturated carbocycles. The van der Waals surface area contributed by atoms with Crippen molar-refractivity contribution in [1.29, 1.82) is 0 Å². The molecule has 9 heteroatoms. The highest BCUT2D eigenvalue weighted by molar-refractivity contribution is 7.12. The lowest BCUT2D eigenvalue weighted by Gasteiger charge is -2.34. The van der Waals surface area contributed by atoms with Crippen LogP contribution in [0, 0.1) is 0 Å². The molecule has 1 unspecified atom stereocenters. The molecule has 0 aliphatic carbocycles. The molecular formula is C23H29N3O5S. The molecule has 1 aliphatic heterocycles. The van der Waals surface area contributed by atoms with Crippen LogP contribution in [0.25, 0.3) is 0 Å². The maximum Gasteiger partial charge on any atom is 0.410 e. The van der Waals surface area contributed by atoms with Gasteiger partial charge in [-0.15, -0.1) is 11.3 Å². The van der Waals surface area contributed by atoms with Crippen molar-refractivity contribution >= 4 is 34.9 Å². The second-order valence-corrected chi connectivity index (χ2v) is 9.53. The molecule has 1 aromatic carbocycles. The quantitative estimate of drug-likeness (QED) is 0.701. The fraction of sp³-hybridized carbons (Fsp3) is 0.435. The predicted molar refractivity (Wildman–Crippen MR) is 124 cm³/mol. The first kappa shape index (κ1) is 23.6. The number of amides is 3. The van der Waals surface area contributed by atoms with Gasteiger partial charge < -0.3 is 25.0 Å². The van der Waals surface area contributed by atoms with Gasteiger partial charge in [0.05, 0.1) is 23.2 Å². The lowest BCUT2D eigenvalue weighted by Crippen LogP contribution is -2.50. The Morgan fingerprint density at radius 3 is 2.59 bits per heavy atom. The molecule has 32 heavy (non-hydrogen) atoms. The molecule has 2 aromatic rings. The van der Waals surface area contributed by atoms with Crippen molar-refractivity contribution in [2.75, 3.05) is 25.5 Å². The topological polar surface area (TPSA) is 97.0 Å². The Morgan fingerprint density at radius 1 is 1.16 bits per heavy atom. The minimum absolute atomic E-state index is 0.216. The summed E-state index contributed by atoms with van der Waals surface area (Å²) in [5.41, 5.74) is 0.108. The fourth-order valence-corrected chi connectivity index (χ4v) is 4.01. The number of hydrogen-bond acceptors (Lipinski definition) is 6. The molecule has 1 saturated heterocycles. The van der Waals surface area contributed by atoms with E-state index in [4.69, 9.17) is 9.47 Å². The third-order valence-corrected chi connectivity index (χ3v) is 5.74. The minimum atomic E-state index is -0.577. The van der Waals surface area contributed by atoms with Gasteiger partial charge in [-0.05, 0) is 57.2 Å². The number of benzene rings is 1. The summed E-state index contributed by atoms with van der Waals surface area (Å²) in [6.45, 7) is 6.43. The highest BCUT2D eigenvalue weighted by Crippen LogP contribution is 2.25. The van der Waals surface area contributed by atoms with E-state index >= 15 is 0 Å². The molecule has 2 N–H and O–H groups in total. The molecule has 0 spiro atoms. The normalized spacial score (nSPS) is 16.2. The number of nitrogens with zero attached hydrogens (tertiary/aromatic N) is 1. The SMILES string of the molecule is COc1ccc(C(=O)NC2CCCN(C(=O)OC(C)(C)C)C2)c(NC(=O)c2cccs2)c1. The maximum atomic E-state index is 13.1. The maximum absolute atomic E-state index is 13.1. The number of ether oxygens (including phenoxy) is 2. The first-order chi connectivity index (χ1) is 15.2. The van der Waals surface area contributed by atoms with Crippen LogP contribution in [-0.2, 0) is 4.74 Å². The van der Waals surface area contributed by atoms with E-state index in [9.17, 15) is 14.4 Å². The highest BCUT2D eigenvalue weighted by atomic mass is 32.1. The Hall–Kier alpha value is -3.07. The molecule has 0 radical (unpaired) electrons. The average Bonchev–Trinajstić information content (AvgIpc) is 3.27. The second-order valence-electron chi connectivity index (χ2n) is 8.58. The number of methoxy groups -OCH3 is 1. The number of carbonyl (C=O) groups is 3. The monoisotopic (exact) mass is 459 g/mol. The summed E-state index contributed by atoms with van der Waals surface area (Å²) in [5.74, 6) is -0.0990. The van der Waals surface area contributed by atoms with E-state index in [1.165, 1.54) is 18.4 Å². The molecule has 3 amide bonds. The van der Waals surface area contributed by atoms with Crippen LogP contribution in [0.5, 0.6) is 5.75 Å². The summed E-state index contributed by atoms with van der Waals surface area (Å²) in [7, 11) is 1.52. The Morgan fingerprint density at radius 2 is 1.94 bits per heavy atom. The van der Waals surface area contributed by atoms with Crippen LogP contribution in [0.1, 0.15) is 53.6 Å². The van der Waals surface area contributed by atoms with Gasteiger partial charge in [0.1, 0.15) is 11.4 Å². The molecule has 2 heterocycles. The Balaban J connectivity index is 1.71. The second kappa shape index (κ2) is 10.0. The van der Waals surface area contributed by atoms with Gasteiger partial charge in [0.2, 0.25) is 0 Å². The van der Waals surface area contributed by atoms with E-state index in [-0.39, 0.29) is 23.9 Å². The van der Waals surface area contributed by atoms with Crippen LogP contribution in [0.3, 0.4) is 0 Å². The third kappa shape index (κ3) is 6.23. The Bertz CT molecular complexity index is 969. The van der Waals surface area contributed by atoms with Crippen molar-refractivity contribution < 1.29 is 23.9 Å². The van der Waals surface area contributed by atoms with Gasteiger partial charge >= 0.3 is 6.09 Å². The van der Waals surface area contributed by atoms with Crippen LogP contribution in [0.2, 0.25) is 0 Å². The van der Waals surface area contributed by atoms with E-state index in [0.29, 0.717) is 35.0 Å². The van der Waals surface area contributed by atoms with Crippen molar-refractivity contribution in [3.05, 3.63) is 46.2 Å². The Kier molecular flexibility index (Phi) is 7.40. The number of likely N-dealkylation sites (tertiary alicyclic amines) is 1. The lowest BCUT2D eigenvalue weighted by molar-refractivity contribution is 0.0185. The summed E-state index contributed by atoms with van der Waals surface area (Å²) >= 11 is 1.32. The zero-order chi connectivity index (χ0) is 23.3. The summed E-state index contributed by atoms with van der Waals surface area (Å²) in [6.07, 6.45) is 1.12. The van der Waals surface area contributed by atoms with Crippen molar-refractivity contribution in [1.82, 2.24) is 10.2 Å². The lowest BCUT2D eigenvalue weighted by atomic mass is 10.0. The summed E-state index contributed by atoms with van der Waals surface area (Å²) in [5, 5.41) is 7.61. The number of hydrogen-bond donors (Lipinski definition) is 2. The van der Waals surface area contributed by atoms with Gasteiger partial charge in [-0.3, -0.25) is 9.59 Å². The van der Waals surface area contributed by atoms with E-state index in [2.05, 4.69) is 10.6 Å². The van der Waals surface area contributed by atoms with Gasteiger partial charge in [0.25, 0.3) is 11.8 Å². The molecule has 1 atom stereocenters. The molecule has 8 nitrogen and oxygen atoms in total. The zero-order valence-corrected chi connectivity index (χ0v) is 19.6. The van der Waals surface area contributed by atoms with Crippen LogP contribution < -0.4 is 15.4 Å². The minimum Gasteiger partial charge on any atom is -0.497 e. The van der Waals surface area contributed by atoms with Gasteiger partial charge in [-0.1, -0.05) is 6.07 Å². The van der Waals surface area contributed by atoms with Crippen molar-refractivity contribution in [2.45, 2.75) is 45.3 Å². The smallest absolute Gasteiger partial charge is 0.410 e. The highest BCUT2D eigenvalue weighted by Gasteiger charge is 2.29. The van der Waals surface area contributed by atoms with E-state index < -0.39 is 5.60 Å². The summed E-state index contributed by atoms with van der Waals surface area (Å²) in [6, 6.07) is 8.20. The number of rotatable bonds is 5. The molecule has 1 fully saturated rings. The molecule has 3 rings (SSSR count). The molecule has 1 aromatic heterocycles. The van der Waals surface area contributed by atoms with E-state index in [1.807, 2.05) is 26.2 Å². The molecular weight excluding hydrogens is 430 g/mol. The molecule has 1 aliphatic rings. The van der Waals surface area contributed by atoms with Crippen LogP contribution >= 0.6 is 11.3 Å². The zero-order valence-electron chi connectivity index (χ0n) is 18.8. The van der Waals surface area contributed by atoms with Crippen LogP contribution in [0.4, 0.5) is 10.5 Å². The van der Waals surface area contributed by atoms with E-state index in [0.717, 1.165) is 12.8 Å². The molecule has 0 bridgehead atoms. The number of carbonyl (C=O) groups excluding carboxylic acids is 3. The largest absolute Gasteiger partial charge is 0.497 e. The van der Waals surface area contributed by atoms with Crippen LogP contribution in [-0.4, -0.2) is 54.6 Å². The standard InChI is InChI=1S/C23H29N3O5S/c1-23(2,3)31-22(29)26-11-5-7-15(14-26)24-20(27)17-10-9-16(30-4)13-18(17)25-21(28)19-8-6-12-32-19/h6,8-10,12-13,15H,5,7,11,14H2,1-4H3,(H,24,27)(H,25,28). The van der Waals surface area contributed by atoms with Crippen LogP contribution in [0.15, 0.2) is 35.7 Å². The fourth-order valence-electron chi connectivity index (χ4n) is 3.39. The van der Waals surface area contributed by atoms with Gasteiger partial charge in [0, 0.05) is 25.2 Å². The summed E-state index contributed by atoms with van der Waals surface area (Å²) < 4.78 is 10.7. The number of piperidine rings is 1. The van der Waals surface area contributed by atoms with E-state index in [1.54, 1.807) is 35.2 Å². The third-order valence-electron chi connectivity index (χ3n) is 4.87. The first-order valence-corrected chi connectivity index (χ1v) is 11.4. The van der Waals surface area contributed by atoms with Crippen molar-refractivity contribution in [3.8, 4) is 5.75 Å². The average molecular weight is 460 g/mol. The Labute approximate surface area is 191 Å². The van der Waals surface area contributed by atoms with Gasteiger partial charge in [0.15, 0.2) is 0 Å². The molecule has 172 valence electrons.